The van der Waals surface area contributed by atoms with Gasteiger partial charge in [0.25, 0.3) is 0 Å². The van der Waals surface area contributed by atoms with Crippen molar-refractivity contribution in [3.8, 4) is 0 Å². The smallest absolute Gasteiger partial charge is 0.0323 e. The van der Waals surface area contributed by atoms with Crippen LogP contribution in [0, 0.1) is 0 Å². The predicted octanol–water partition coefficient (Wildman–Crippen LogP) is 0.298. The summed E-state index contributed by atoms with van der Waals surface area (Å²) in [7, 11) is 0. The number of hydrogen-bond acceptors (Lipinski definition) is 3. The normalized spacial score (nSPS) is 13.7. The standard InChI is InChI=1S/C4H2N2O/c1-2-4-6-7-5-3-1/h1-2H. The molecule has 0 amide bonds. The third kappa shape index (κ3) is 1.05. The molecule has 1 aliphatic rings. The fourth-order valence-corrected chi connectivity index (χ4v) is 0.203. The van der Waals surface area contributed by atoms with Crippen molar-refractivity contribution in [3.05, 3.63) is 12.2 Å². The second-order valence-corrected chi connectivity index (χ2v) is 0.856. The fraction of sp³-hybridized carbons (Fsp3) is 0. The van der Waals surface area contributed by atoms with Gasteiger partial charge < -0.3 is 0 Å². The Kier molecular flexibility index (Phi) is 1.10. The molecule has 0 spiro atoms. The molecule has 7 heavy (non-hydrogen) atoms. The molecule has 3 heteroatoms. The van der Waals surface area contributed by atoms with Crippen molar-refractivity contribution in [1.29, 1.82) is 0 Å². The van der Waals surface area contributed by atoms with Crippen LogP contribution in [0.2, 0.25) is 0 Å². The third-order valence-electron chi connectivity index (χ3n) is 0.419. The average molecular weight is 94.1 g/mol. The lowest BCUT2D eigenvalue weighted by Gasteiger charge is -1.69. The first-order chi connectivity index (χ1) is 3.50. The second-order valence-electron chi connectivity index (χ2n) is 0.856. The number of hydrogen-bond donors (Lipinski definition) is 0. The lowest BCUT2D eigenvalue weighted by molar-refractivity contribution is 0.160. The quantitative estimate of drug-likeness (QED) is 0.425. The van der Waals surface area contributed by atoms with Crippen LogP contribution in [0.1, 0.15) is 0 Å². The van der Waals surface area contributed by atoms with Crippen LogP contribution in [0.3, 0.4) is 0 Å². The van der Waals surface area contributed by atoms with Gasteiger partial charge in [-0.3, -0.25) is 0 Å². The van der Waals surface area contributed by atoms with Crippen LogP contribution in [0.5, 0.6) is 0 Å². The van der Waals surface area contributed by atoms with E-state index in [1.54, 1.807) is 12.2 Å². The summed E-state index contributed by atoms with van der Waals surface area (Å²) in [6.07, 6.45) is 3.10. The van der Waals surface area contributed by atoms with Gasteiger partial charge in [-0.25, -0.2) is 4.94 Å². The maximum absolute atomic E-state index is 4.16. The molecule has 0 fully saturated rings. The largest absolute Gasteiger partial charge is 0.227 e. The lowest BCUT2D eigenvalue weighted by Crippen LogP contribution is -1.58. The van der Waals surface area contributed by atoms with E-state index >= 15 is 0 Å². The van der Waals surface area contributed by atoms with Gasteiger partial charge in [0.2, 0.25) is 0 Å². The Morgan fingerprint density at radius 1 is 1.14 bits per heavy atom. The molecule has 0 aliphatic carbocycles. The van der Waals surface area contributed by atoms with Crippen molar-refractivity contribution >= 4 is 11.7 Å². The molecule has 1 aliphatic heterocycles. The maximum atomic E-state index is 4.16. The van der Waals surface area contributed by atoms with Crippen LogP contribution in [0.15, 0.2) is 22.5 Å². The van der Waals surface area contributed by atoms with Gasteiger partial charge in [0.05, 0.1) is 0 Å². The Hall–Kier alpha value is -1.30. The molecule has 3 nitrogen and oxygen atoms in total. The summed E-state index contributed by atoms with van der Waals surface area (Å²) in [4.78, 5) is 4.16. The lowest BCUT2D eigenvalue weighted by atomic mass is 10.6. The summed E-state index contributed by atoms with van der Waals surface area (Å²) in [5.74, 6) is 4.83. The van der Waals surface area contributed by atoms with Crippen LogP contribution in [-0.2, 0) is 4.94 Å². The van der Waals surface area contributed by atoms with Crippen LogP contribution in [0.4, 0.5) is 0 Å². The zero-order valence-corrected chi connectivity index (χ0v) is 3.46. The number of allylic oxidation sites excluding steroid dienone is 2. The van der Waals surface area contributed by atoms with E-state index < -0.39 is 0 Å². The summed E-state index contributed by atoms with van der Waals surface area (Å²) in [5, 5.41) is 6.41. The summed E-state index contributed by atoms with van der Waals surface area (Å²) in [6, 6.07) is 0. The van der Waals surface area contributed by atoms with Crippen molar-refractivity contribution < 1.29 is 4.94 Å². The van der Waals surface area contributed by atoms with Gasteiger partial charge in [-0.1, -0.05) is 0 Å². The molecule has 0 unspecified atom stereocenters. The van der Waals surface area contributed by atoms with Gasteiger partial charge in [0, 0.05) is 23.9 Å². The molecule has 0 radical (unpaired) electrons. The molecule has 0 saturated carbocycles. The second kappa shape index (κ2) is 1.98. The van der Waals surface area contributed by atoms with Crippen LogP contribution >= 0.6 is 0 Å². The Morgan fingerprint density at radius 3 is 2.29 bits per heavy atom. The molecule has 0 saturated heterocycles. The summed E-state index contributed by atoms with van der Waals surface area (Å²) < 4.78 is 0. The number of rotatable bonds is 0. The van der Waals surface area contributed by atoms with Crippen LogP contribution in [-0.4, -0.2) is 11.7 Å². The Bertz CT molecular complexity index is 150. The molecule has 34 valence electrons. The molecule has 0 N–H and O–H groups in total. The molecule has 0 aromatic rings. The fourth-order valence-electron chi connectivity index (χ4n) is 0.203. The summed E-state index contributed by atoms with van der Waals surface area (Å²) in [6.45, 7) is 0. The van der Waals surface area contributed by atoms with E-state index in [0.717, 1.165) is 0 Å². The van der Waals surface area contributed by atoms with Gasteiger partial charge in [-0.05, 0) is 10.3 Å². The van der Waals surface area contributed by atoms with E-state index in [1.165, 1.54) is 0 Å². The van der Waals surface area contributed by atoms with Crippen LogP contribution in [0.25, 0.3) is 0 Å². The first-order valence-electron chi connectivity index (χ1n) is 1.72. The third-order valence-corrected chi connectivity index (χ3v) is 0.419. The molecule has 1 rings (SSSR count). The SMILES string of the molecule is C1=CC=C=NON=1. The minimum Gasteiger partial charge on any atom is -0.227 e. The molecule has 0 aromatic carbocycles. The first kappa shape index (κ1) is 3.88. The highest BCUT2D eigenvalue weighted by Crippen LogP contribution is 1.74. The van der Waals surface area contributed by atoms with E-state index in [4.69, 9.17) is 0 Å². The molecule has 1 heterocycles. The molecule has 0 bridgehead atoms. The monoisotopic (exact) mass is 94.0 g/mol. The molecule has 0 atom stereocenters. The highest BCUT2D eigenvalue weighted by molar-refractivity contribution is 5.64. The zero-order chi connectivity index (χ0) is 4.95. The number of nitrogens with zero attached hydrogens (tertiary/aromatic N) is 2. The Balaban J connectivity index is 2.86. The van der Waals surface area contributed by atoms with Gasteiger partial charge in [0.15, 0.2) is 0 Å². The Labute approximate surface area is 40.3 Å². The van der Waals surface area contributed by atoms with E-state index in [0.29, 0.717) is 0 Å². The summed E-state index contributed by atoms with van der Waals surface area (Å²) in [5.41, 5.74) is 0. The van der Waals surface area contributed by atoms with Crippen molar-refractivity contribution in [3.63, 3.8) is 0 Å². The van der Waals surface area contributed by atoms with Gasteiger partial charge >= 0.3 is 0 Å². The van der Waals surface area contributed by atoms with Crippen molar-refractivity contribution in [2.24, 2.45) is 10.3 Å². The zero-order valence-electron chi connectivity index (χ0n) is 3.46. The average Bonchev–Trinajstić information content (AvgIpc) is 1.90. The molecule has 0 aromatic heterocycles. The van der Waals surface area contributed by atoms with Crippen molar-refractivity contribution in [1.82, 2.24) is 0 Å². The summed E-state index contributed by atoms with van der Waals surface area (Å²) >= 11 is 0. The minimum absolute atomic E-state index is 1.55. The van der Waals surface area contributed by atoms with Gasteiger partial charge in [0.1, 0.15) is 0 Å². The molecular weight excluding hydrogens is 92.1 g/mol. The van der Waals surface area contributed by atoms with Gasteiger partial charge in [-0.15, -0.1) is 0 Å². The van der Waals surface area contributed by atoms with E-state index in [1.807, 2.05) is 0 Å². The Morgan fingerprint density at radius 2 is 1.71 bits per heavy atom. The predicted molar refractivity (Wildman–Crippen MR) is 25.1 cm³/mol. The van der Waals surface area contributed by atoms with Crippen molar-refractivity contribution in [2.75, 3.05) is 0 Å². The molecular formula is C4H2N2O. The highest BCUT2D eigenvalue weighted by Gasteiger charge is 1.66. The van der Waals surface area contributed by atoms with E-state index in [-0.39, 0.29) is 0 Å². The van der Waals surface area contributed by atoms with Crippen LogP contribution < -0.4 is 0 Å². The van der Waals surface area contributed by atoms with E-state index in [2.05, 4.69) is 27.0 Å². The highest BCUT2D eigenvalue weighted by atomic mass is 16.8. The van der Waals surface area contributed by atoms with Gasteiger partial charge in [-0.2, -0.15) is 0 Å². The topological polar surface area (TPSA) is 34.0 Å². The maximum Gasteiger partial charge on any atom is 0.0323 e. The first-order valence-corrected chi connectivity index (χ1v) is 1.72. The van der Waals surface area contributed by atoms with E-state index in [9.17, 15) is 0 Å². The minimum atomic E-state index is 1.55. The van der Waals surface area contributed by atoms with Crippen molar-refractivity contribution in [2.45, 2.75) is 0 Å².